The van der Waals surface area contributed by atoms with Gasteiger partial charge in [0.15, 0.2) is 5.78 Å². The molecule has 3 rings (SSSR count). The summed E-state index contributed by atoms with van der Waals surface area (Å²) in [6, 6.07) is 9.78. The summed E-state index contributed by atoms with van der Waals surface area (Å²) in [6.07, 6.45) is 3.99. The van der Waals surface area contributed by atoms with E-state index in [1.807, 2.05) is 19.9 Å². The minimum Gasteiger partial charge on any atom is -0.446 e. The molecule has 1 aromatic rings. The highest BCUT2D eigenvalue weighted by Gasteiger charge is 2.33. The molecule has 1 aliphatic carbocycles. The highest BCUT2D eigenvalue weighted by Crippen LogP contribution is 2.34. The zero-order valence-electron chi connectivity index (χ0n) is 21.4. The molecule has 7 heteroatoms. The van der Waals surface area contributed by atoms with E-state index < -0.39 is 18.2 Å². The number of amides is 2. The molecule has 194 valence electrons. The SMILES string of the molecule is CC(C)C[C@H](NC(=O)OC1CCC(c2ccccc2)CC1)C(=O)C[C@@H](C[C@@H]1CCNC1=O)C(C)O. The number of carbonyl (C=O) groups excluding carboxylic acids is 3. The van der Waals surface area contributed by atoms with E-state index in [1.165, 1.54) is 5.56 Å². The number of rotatable bonds is 11. The molecule has 2 amide bonds. The maximum Gasteiger partial charge on any atom is 0.407 e. The first-order valence-electron chi connectivity index (χ1n) is 13.2. The molecule has 7 nitrogen and oxygen atoms in total. The Morgan fingerprint density at radius 1 is 1.09 bits per heavy atom. The summed E-state index contributed by atoms with van der Waals surface area (Å²) in [5.41, 5.74) is 1.33. The second-order valence-corrected chi connectivity index (χ2v) is 10.8. The van der Waals surface area contributed by atoms with Crippen molar-refractivity contribution in [3.8, 4) is 0 Å². The maximum atomic E-state index is 13.2. The number of aliphatic hydroxyl groups is 1. The minimum atomic E-state index is -0.709. The molecule has 4 atom stereocenters. The van der Waals surface area contributed by atoms with Crippen LogP contribution in [0.3, 0.4) is 0 Å². The Kier molecular flexibility index (Phi) is 10.1. The summed E-state index contributed by atoms with van der Waals surface area (Å²) in [5.74, 6) is 0.0788. The van der Waals surface area contributed by atoms with Gasteiger partial charge in [0.25, 0.3) is 0 Å². The van der Waals surface area contributed by atoms with E-state index in [2.05, 4.69) is 34.9 Å². The highest BCUT2D eigenvalue weighted by atomic mass is 16.6. The lowest BCUT2D eigenvalue weighted by Gasteiger charge is -2.29. The van der Waals surface area contributed by atoms with Crippen LogP contribution in [0, 0.1) is 17.8 Å². The smallest absolute Gasteiger partial charge is 0.407 e. The number of hydrogen-bond donors (Lipinski definition) is 3. The van der Waals surface area contributed by atoms with Crippen LogP contribution in [0.25, 0.3) is 0 Å². The van der Waals surface area contributed by atoms with Crippen molar-refractivity contribution in [3.63, 3.8) is 0 Å². The number of benzene rings is 1. The number of Topliss-reactive ketones (excluding diaryl/α,β-unsaturated/α-hetero) is 1. The van der Waals surface area contributed by atoms with Crippen LogP contribution in [-0.2, 0) is 14.3 Å². The predicted molar refractivity (Wildman–Crippen MR) is 135 cm³/mol. The van der Waals surface area contributed by atoms with Crippen molar-refractivity contribution >= 4 is 17.8 Å². The van der Waals surface area contributed by atoms with Gasteiger partial charge in [-0.25, -0.2) is 4.79 Å². The Morgan fingerprint density at radius 3 is 2.34 bits per heavy atom. The number of ether oxygens (including phenoxy) is 1. The molecule has 2 fully saturated rings. The van der Waals surface area contributed by atoms with Crippen molar-refractivity contribution in [1.29, 1.82) is 0 Å². The van der Waals surface area contributed by atoms with Crippen LogP contribution in [0.5, 0.6) is 0 Å². The van der Waals surface area contributed by atoms with Gasteiger partial charge in [0.05, 0.1) is 12.1 Å². The average molecular weight is 487 g/mol. The molecule has 1 unspecified atom stereocenters. The van der Waals surface area contributed by atoms with Crippen LogP contribution in [0.1, 0.15) is 83.6 Å². The highest BCUT2D eigenvalue weighted by molar-refractivity contribution is 5.87. The molecule has 0 spiro atoms. The fraction of sp³-hybridized carbons (Fsp3) is 0.679. The molecular formula is C28H42N2O5. The van der Waals surface area contributed by atoms with Crippen molar-refractivity contribution in [2.75, 3.05) is 6.54 Å². The molecule has 3 N–H and O–H groups in total. The zero-order valence-corrected chi connectivity index (χ0v) is 21.4. The van der Waals surface area contributed by atoms with Crippen LogP contribution < -0.4 is 10.6 Å². The normalized spacial score (nSPS) is 24.9. The van der Waals surface area contributed by atoms with Gasteiger partial charge in [0, 0.05) is 18.9 Å². The van der Waals surface area contributed by atoms with Crippen LogP contribution in [0.15, 0.2) is 30.3 Å². The summed E-state index contributed by atoms with van der Waals surface area (Å²) in [7, 11) is 0. The molecule has 0 radical (unpaired) electrons. The zero-order chi connectivity index (χ0) is 25.4. The molecule has 0 aromatic heterocycles. The third-order valence-electron chi connectivity index (χ3n) is 7.50. The van der Waals surface area contributed by atoms with Gasteiger partial charge in [-0.15, -0.1) is 0 Å². The van der Waals surface area contributed by atoms with E-state index in [-0.39, 0.29) is 42.0 Å². The maximum absolute atomic E-state index is 13.2. The summed E-state index contributed by atoms with van der Waals surface area (Å²) >= 11 is 0. The number of hydrogen-bond acceptors (Lipinski definition) is 5. The lowest BCUT2D eigenvalue weighted by Crippen LogP contribution is -2.44. The third kappa shape index (κ3) is 8.34. The fourth-order valence-corrected chi connectivity index (χ4v) is 5.40. The standard InChI is InChI=1S/C28H42N2O5/c1-18(2)15-25(26(32)17-23(19(3)31)16-22-13-14-29-27(22)33)30-28(34)35-24-11-9-21(10-12-24)20-7-5-4-6-8-20/h4-8,18-19,21-25,31H,9-17H2,1-3H3,(H,29,33)(H,30,34)/t19?,21?,22-,23+,24?,25-/m0/s1. The van der Waals surface area contributed by atoms with E-state index in [9.17, 15) is 19.5 Å². The Balaban J connectivity index is 1.52. The number of carbonyl (C=O) groups is 3. The Hall–Kier alpha value is -2.41. The molecule has 1 aromatic carbocycles. The van der Waals surface area contributed by atoms with Crippen molar-refractivity contribution in [1.82, 2.24) is 10.6 Å². The van der Waals surface area contributed by atoms with Crippen molar-refractivity contribution in [2.45, 2.75) is 96.3 Å². The van der Waals surface area contributed by atoms with E-state index >= 15 is 0 Å². The monoisotopic (exact) mass is 486 g/mol. The summed E-state index contributed by atoms with van der Waals surface area (Å²) < 4.78 is 5.71. The molecule has 0 bridgehead atoms. The van der Waals surface area contributed by atoms with Gasteiger partial charge in [-0.1, -0.05) is 44.2 Å². The van der Waals surface area contributed by atoms with E-state index in [0.29, 0.717) is 25.3 Å². The molecule has 1 saturated heterocycles. The molecule has 2 aliphatic rings. The molecule has 1 saturated carbocycles. The van der Waals surface area contributed by atoms with Crippen LogP contribution in [0.2, 0.25) is 0 Å². The number of alkyl carbamates (subject to hydrolysis) is 1. The molecular weight excluding hydrogens is 444 g/mol. The van der Waals surface area contributed by atoms with Crippen LogP contribution in [-0.4, -0.2) is 47.7 Å². The predicted octanol–water partition coefficient (Wildman–Crippen LogP) is 4.34. The van der Waals surface area contributed by atoms with E-state index in [1.54, 1.807) is 6.92 Å². The molecule has 1 heterocycles. The van der Waals surface area contributed by atoms with Crippen molar-refractivity contribution in [3.05, 3.63) is 35.9 Å². The van der Waals surface area contributed by atoms with Gasteiger partial charge in [-0.2, -0.15) is 0 Å². The van der Waals surface area contributed by atoms with Gasteiger partial charge in [0.2, 0.25) is 5.91 Å². The second-order valence-electron chi connectivity index (χ2n) is 10.8. The first-order chi connectivity index (χ1) is 16.7. The Bertz CT molecular complexity index is 833. The number of ketones is 1. The number of nitrogens with one attached hydrogen (secondary N) is 2. The first kappa shape index (κ1) is 27.2. The summed E-state index contributed by atoms with van der Waals surface area (Å²) in [4.78, 5) is 37.9. The summed E-state index contributed by atoms with van der Waals surface area (Å²) in [6.45, 7) is 6.32. The van der Waals surface area contributed by atoms with Crippen LogP contribution >= 0.6 is 0 Å². The quantitative estimate of drug-likeness (QED) is 0.432. The Labute approximate surface area is 209 Å². The minimum absolute atomic E-state index is 0.00878. The van der Waals surface area contributed by atoms with E-state index in [4.69, 9.17) is 4.74 Å². The van der Waals surface area contributed by atoms with E-state index in [0.717, 1.165) is 32.1 Å². The Morgan fingerprint density at radius 2 is 1.77 bits per heavy atom. The topological polar surface area (TPSA) is 105 Å². The van der Waals surface area contributed by atoms with Crippen molar-refractivity contribution in [2.24, 2.45) is 17.8 Å². The fourth-order valence-electron chi connectivity index (χ4n) is 5.40. The summed E-state index contributed by atoms with van der Waals surface area (Å²) in [5, 5.41) is 15.9. The molecule has 1 aliphatic heterocycles. The van der Waals surface area contributed by atoms with Crippen LogP contribution in [0.4, 0.5) is 4.79 Å². The third-order valence-corrected chi connectivity index (χ3v) is 7.50. The second kappa shape index (κ2) is 13.1. The van der Waals surface area contributed by atoms with Gasteiger partial charge in [-0.3, -0.25) is 9.59 Å². The average Bonchev–Trinajstić information content (AvgIpc) is 3.23. The van der Waals surface area contributed by atoms with Gasteiger partial charge < -0.3 is 20.5 Å². The number of aliphatic hydroxyl groups excluding tert-OH is 1. The van der Waals surface area contributed by atoms with Gasteiger partial charge >= 0.3 is 6.09 Å². The van der Waals surface area contributed by atoms with Gasteiger partial charge in [-0.05, 0) is 75.2 Å². The van der Waals surface area contributed by atoms with Gasteiger partial charge in [0.1, 0.15) is 6.10 Å². The largest absolute Gasteiger partial charge is 0.446 e. The first-order valence-corrected chi connectivity index (χ1v) is 13.2. The van der Waals surface area contributed by atoms with Crippen molar-refractivity contribution < 1.29 is 24.2 Å². The lowest BCUT2D eigenvalue weighted by atomic mass is 9.83. The molecule has 35 heavy (non-hydrogen) atoms. The lowest BCUT2D eigenvalue weighted by molar-refractivity contribution is -0.126.